The van der Waals surface area contributed by atoms with Crippen LogP contribution in [0.1, 0.15) is 31.8 Å². The Kier molecular flexibility index (Phi) is 6.77. The van der Waals surface area contributed by atoms with E-state index in [-0.39, 0.29) is 11.6 Å². The molecule has 0 bridgehead atoms. The second kappa shape index (κ2) is 9.67. The van der Waals surface area contributed by atoms with Crippen molar-refractivity contribution in [1.29, 1.82) is 0 Å². The zero-order valence-corrected chi connectivity index (χ0v) is 16.6. The van der Waals surface area contributed by atoms with Crippen LogP contribution in [0.15, 0.2) is 84.9 Å². The van der Waals surface area contributed by atoms with E-state index < -0.39 is 0 Å². The summed E-state index contributed by atoms with van der Waals surface area (Å²) in [6.07, 6.45) is 6.50. The molecule has 0 aromatic heterocycles. The van der Waals surface area contributed by atoms with Crippen LogP contribution in [0.5, 0.6) is 5.75 Å². The molecule has 0 saturated heterocycles. The van der Waals surface area contributed by atoms with Crippen molar-refractivity contribution >= 4 is 35.3 Å². The lowest BCUT2D eigenvalue weighted by Crippen LogP contribution is -1.98. The number of methoxy groups -OCH3 is 1. The highest BCUT2D eigenvalue weighted by molar-refractivity contribution is 6.34. The maximum atomic E-state index is 12.4. The number of benzene rings is 3. The van der Waals surface area contributed by atoms with Gasteiger partial charge in [0.1, 0.15) is 5.75 Å². The second-order valence-corrected chi connectivity index (χ2v) is 6.65. The first-order valence-corrected chi connectivity index (χ1v) is 9.39. The molecule has 0 aliphatic heterocycles. The third kappa shape index (κ3) is 5.31. The Hall–Kier alpha value is -3.43. The van der Waals surface area contributed by atoms with E-state index >= 15 is 0 Å². The van der Waals surface area contributed by atoms with Crippen LogP contribution in [0.4, 0.5) is 0 Å². The Bertz CT molecular complexity index is 1080. The number of halogens is 1. The van der Waals surface area contributed by atoms with Crippen LogP contribution < -0.4 is 4.74 Å². The van der Waals surface area contributed by atoms with Gasteiger partial charge in [-0.15, -0.1) is 0 Å². The standard InChI is InChI=1S/C25H19ClO3/c1-29-25-9-5-3-7-21(25)24(28)17-15-19-12-10-18(11-13-19)14-16-23(27)20-6-2-4-8-22(20)26/h2-17H,1H3/b16-14+,17-15+. The van der Waals surface area contributed by atoms with E-state index in [0.717, 1.165) is 11.1 Å². The molecule has 3 aromatic carbocycles. The van der Waals surface area contributed by atoms with E-state index in [1.165, 1.54) is 12.2 Å². The highest BCUT2D eigenvalue weighted by Crippen LogP contribution is 2.19. The van der Waals surface area contributed by atoms with Crippen molar-refractivity contribution in [3.8, 4) is 5.75 Å². The Morgan fingerprint density at radius 1 is 0.724 bits per heavy atom. The molecule has 4 heteroatoms. The van der Waals surface area contributed by atoms with Gasteiger partial charge in [-0.1, -0.05) is 72.3 Å². The second-order valence-electron chi connectivity index (χ2n) is 6.24. The van der Waals surface area contributed by atoms with Crippen molar-refractivity contribution in [3.63, 3.8) is 0 Å². The molecular weight excluding hydrogens is 384 g/mol. The summed E-state index contributed by atoms with van der Waals surface area (Å²) in [7, 11) is 1.54. The summed E-state index contributed by atoms with van der Waals surface area (Å²) in [4.78, 5) is 24.6. The molecule has 0 spiro atoms. The van der Waals surface area contributed by atoms with Crippen molar-refractivity contribution in [2.75, 3.05) is 7.11 Å². The fourth-order valence-corrected chi connectivity index (χ4v) is 2.98. The summed E-state index contributed by atoms with van der Waals surface area (Å²) >= 11 is 6.05. The van der Waals surface area contributed by atoms with Crippen LogP contribution in [0.2, 0.25) is 5.02 Å². The average Bonchev–Trinajstić information content (AvgIpc) is 2.76. The van der Waals surface area contributed by atoms with Gasteiger partial charge in [-0.05, 0) is 47.5 Å². The minimum absolute atomic E-state index is 0.128. The van der Waals surface area contributed by atoms with Crippen molar-refractivity contribution in [2.45, 2.75) is 0 Å². The van der Waals surface area contributed by atoms with Gasteiger partial charge in [-0.3, -0.25) is 9.59 Å². The van der Waals surface area contributed by atoms with E-state index in [1.807, 2.05) is 30.3 Å². The van der Waals surface area contributed by atoms with Gasteiger partial charge < -0.3 is 4.74 Å². The molecule has 3 rings (SSSR count). The number of hydrogen-bond acceptors (Lipinski definition) is 3. The van der Waals surface area contributed by atoms with Crippen LogP contribution in [-0.2, 0) is 0 Å². The summed E-state index contributed by atoms with van der Waals surface area (Å²) < 4.78 is 5.22. The maximum Gasteiger partial charge on any atom is 0.189 e. The topological polar surface area (TPSA) is 43.4 Å². The predicted molar refractivity (Wildman–Crippen MR) is 118 cm³/mol. The summed E-state index contributed by atoms with van der Waals surface area (Å²) in [5, 5.41) is 0.433. The Morgan fingerprint density at radius 2 is 1.21 bits per heavy atom. The van der Waals surface area contributed by atoms with E-state index in [4.69, 9.17) is 16.3 Å². The lowest BCUT2D eigenvalue weighted by atomic mass is 10.1. The molecule has 0 fully saturated rings. The number of hydrogen-bond donors (Lipinski definition) is 0. The summed E-state index contributed by atoms with van der Waals surface area (Å²) in [5.41, 5.74) is 2.74. The molecule has 3 aromatic rings. The predicted octanol–water partition coefficient (Wildman–Crippen LogP) is 6.14. The minimum atomic E-state index is -0.151. The van der Waals surface area contributed by atoms with Crippen molar-refractivity contribution in [3.05, 3.63) is 112 Å². The first-order chi connectivity index (χ1) is 14.1. The van der Waals surface area contributed by atoms with Gasteiger partial charge in [0.15, 0.2) is 11.6 Å². The van der Waals surface area contributed by atoms with E-state index in [0.29, 0.717) is 21.9 Å². The van der Waals surface area contributed by atoms with Crippen molar-refractivity contribution in [1.82, 2.24) is 0 Å². The summed E-state index contributed by atoms with van der Waals surface area (Å²) in [5.74, 6) is 0.268. The Balaban J connectivity index is 1.67. The fourth-order valence-electron chi connectivity index (χ4n) is 2.75. The monoisotopic (exact) mass is 402 g/mol. The molecule has 0 unspecified atom stereocenters. The van der Waals surface area contributed by atoms with Crippen LogP contribution in [-0.4, -0.2) is 18.7 Å². The molecule has 0 aliphatic rings. The van der Waals surface area contributed by atoms with Gasteiger partial charge in [0.25, 0.3) is 0 Å². The number of rotatable bonds is 7. The third-order valence-electron chi connectivity index (χ3n) is 4.30. The quantitative estimate of drug-likeness (QED) is 0.352. The maximum absolute atomic E-state index is 12.4. The molecule has 0 radical (unpaired) electrons. The number of ketones is 2. The number of carbonyl (C=O) groups is 2. The van der Waals surface area contributed by atoms with E-state index in [2.05, 4.69) is 0 Å². The number of para-hydroxylation sites is 1. The molecule has 0 heterocycles. The van der Waals surface area contributed by atoms with Crippen LogP contribution in [0.3, 0.4) is 0 Å². The third-order valence-corrected chi connectivity index (χ3v) is 4.63. The normalized spacial score (nSPS) is 11.1. The average molecular weight is 403 g/mol. The number of ether oxygens (including phenoxy) is 1. The molecule has 0 amide bonds. The largest absolute Gasteiger partial charge is 0.496 e. The number of allylic oxidation sites excluding steroid dienone is 2. The zero-order valence-electron chi connectivity index (χ0n) is 15.8. The minimum Gasteiger partial charge on any atom is -0.496 e. The highest BCUT2D eigenvalue weighted by Gasteiger charge is 2.08. The molecule has 0 atom stereocenters. The molecule has 0 N–H and O–H groups in total. The van der Waals surface area contributed by atoms with Crippen LogP contribution in [0.25, 0.3) is 12.2 Å². The van der Waals surface area contributed by atoms with Crippen molar-refractivity contribution < 1.29 is 14.3 Å². The lowest BCUT2D eigenvalue weighted by Gasteiger charge is -2.04. The lowest BCUT2D eigenvalue weighted by molar-refractivity contribution is 0.103. The molecule has 29 heavy (non-hydrogen) atoms. The van der Waals surface area contributed by atoms with Gasteiger partial charge in [0, 0.05) is 5.56 Å². The molecule has 0 aliphatic carbocycles. The highest BCUT2D eigenvalue weighted by atomic mass is 35.5. The van der Waals surface area contributed by atoms with Crippen LogP contribution >= 0.6 is 11.6 Å². The first-order valence-electron chi connectivity index (χ1n) is 9.01. The van der Waals surface area contributed by atoms with Gasteiger partial charge in [-0.25, -0.2) is 0 Å². The summed E-state index contributed by atoms with van der Waals surface area (Å²) in [6, 6.07) is 21.6. The molecule has 144 valence electrons. The zero-order chi connectivity index (χ0) is 20.6. The Labute approximate surface area is 174 Å². The van der Waals surface area contributed by atoms with Crippen molar-refractivity contribution in [2.24, 2.45) is 0 Å². The fraction of sp³-hybridized carbons (Fsp3) is 0.0400. The van der Waals surface area contributed by atoms with Crippen LogP contribution in [0, 0.1) is 0 Å². The molecule has 0 saturated carbocycles. The SMILES string of the molecule is COc1ccccc1C(=O)/C=C/c1ccc(/C=C/C(=O)c2ccccc2Cl)cc1. The smallest absolute Gasteiger partial charge is 0.189 e. The number of carbonyl (C=O) groups excluding carboxylic acids is 2. The van der Waals surface area contributed by atoms with E-state index in [1.54, 1.807) is 61.7 Å². The first kappa shape index (κ1) is 20.3. The summed E-state index contributed by atoms with van der Waals surface area (Å²) in [6.45, 7) is 0. The molecular formula is C25H19ClO3. The van der Waals surface area contributed by atoms with Gasteiger partial charge in [-0.2, -0.15) is 0 Å². The van der Waals surface area contributed by atoms with Gasteiger partial charge in [0.2, 0.25) is 0 Å². The van der Waals surface area contributed by atoms with Gasteiger partial charge >= 0.3 is 0 Å². The Morgan fingerprint density at radius 3 is 1.76 bits per heavy atom. The van der Waals surface area contributed by atoms with Gasteiger partial charge in [0.05, 0.1) is 17.7 Å². The van der Waals surface area contributed by atoms with E-state index in [9.17, 15) is 9.59 Å². The molecule has 3 nitrogen and oxygen atoms in total.